The molecule has 0 radical (unpaired) electrons. The summed E-state index contributed by atoms with van der Waals surface area (Å²) in [5, 5.41) is 6.12. The first-order valence-corrected chi connectivity index (χ1v) is 16.0. The van der Waals surface area contributed by atoms with Crippen LogP contribution in [0.25, 0.3) is 0 Å². The number of hydrogen-bond donors (Lipinski definition) is 2. The van der Waals surface area contributed by atoms with Gasteiger partial charge in [-0.25, -0.2) is 4.79 Å². The number of nitrogens with zero attached hydrogens (tertiary/aromatic N) is 1. The summed E-state index contributed by atoms with van der Waals surface area (Å²) in [6.45, 7) is 12.0. The van der Waals surface area contributed by atoms with E-state index in [1.54, 1.807) is 37.4 Å². The molecule has 8 heteroatoms. The fourth-order valence-corrected chi connectivity index (χ4v) is 5.62. The highest BCUT2D eigenvalue weighted by Gasteiger charge is 2.37. The Balaban J connectivity index is 2.49. The van der Waals surface area contributed by atoms with Crippen LogP contribution >= 0.6 is 11.8 Å². The number of hydrogen-bond acceptors (Lipinski definition) is 5. The van der Waals surface area contributed by atoms with Gasteiger partial charge in [-0.1, -0.05) is 62.8 Å². The number of carbonyl (C=O) groups excluding carboxylic acids is 3. The number of amides is 3. The number of rotatable bonds is 13. The van der Waals surface area contributed by atoms with Gasteiger partial charge in [-0.15, -0.1) is 0 Å². The van der Waals surface area contributed by atoms with E-state index in [-0.39, 0.29) is 17.9 Å². The van der Waals surface area contributed by atoms with Crippen LogP contribution in [0.5, 0.6) is 0 Å². The normalized spacial score (nSPS) is 15.8. The number of thioether (sulfide) groups is 1. The van der Waals surface area contributed by atoms with E-state index >= 15 is 0 Å². The summed E-state index contributed by atoms with van der Waals surface area (Å²) < 4.78 is 5.50. The molecule has 39 heavy (non-hydrogen) atoms. The van der Waals surface area contributed by atoms with Gasteiger partial charge in [-0.3, -0.25) is 9.59 Å². The van der Waals surface area contributed by atoms with Gasteiger partial charge in [0.2, 0.25) is 11.8 Å². The maximum absolute atomic E-state index is 14.3. The van der Waals surface area contributed by atoms with Gasteiger partial charge in [0, 0.05) is 12.6 Å². The van der Waals surface area contributed by atoms with Crippen molar-refractivity contribution in [3.8, 4) is 0 Å². The maximum Gasteiger partial charge on any atom is 0.408 e. The Bertz CT molecular complexity index is 940. The van der Waals surface area contributed by atoms with Gasteiger partial charge in [-0.2, -0.15) is 11.8 Å². The largest absolute Gasteiger partial charge is 0.444 e. The number of nitrogens with one attached hydrogen (secondary N) is 2. The topological polar surface area (TPSA) is 87.7 Å². The van der Waals surface area contributed by atoms with Gasteiger partial charge in [0.05, 0.1) is 0 Å². The minimum Gasteiger partial charge on any atom is -0.444 e. The molecule has 220 valence electrons. The molecule has 0 aliphatic heterocycles. The first-order chi connectivity index (χ1) is 18.5. The standard InChI is InChI=1S/C31H51N3O4S/c1-8-9-13-19-34(29(36)26(18-20-39-7)33-30(37)38-31(4,5)6)27(25-17-16-22(2)21-23(25)3)28(35)32-24-14-11-10-12-15-24/h16-17,21,24,26-27H,8-15,18-20H2,1-7H3,(H,32,35)(H,33,37). The lowest BCUT2D eigenvalue weighted by Crippen LogP contribution is -2.54. The van der Waals surface area contributed by atoms with Crippen LogP contribution in [-0.4, -0.2) is 59.0 Å². The van der Waals surface area contributed by atoms with E-state index in [1.807, 2.05) is 32.2 Å². The first-order valence-electron chi connectivity index (χ1n) is 14.6. The van der Waals surface area contributed by atoms with Crippen LogP contribution < -0.4 is 10.6 Å². The molecule has 0 spiro atoms. The lowest BCUT2D eigenvalue weighted by atomic mass is 9.93. The Morgan fingerprint density at radius 2 is 1.79 bits per heavy atom. The second-order valence-corrected chi connectivity index (χ2v) is 12.8. The van der Waals surface area contributed by atoms with Gasteiger partial charge in [0.25, 0.3) is 0 Å². The third-order valence-electron chi connectivity index (χ3n) is 7.12. The van der Waals surface area contributed by atoms with Gasteiger partial charge >= 0.3 is 6.09 Å². The lowest BCUT2D eigenvalue weighted by Gasteiger charge is -2.36. The van der Waals surface area contributed by atoms with Crippen LogP contribution in [0.2, 0.25) is 0 Å². The minimum absolute atomic E-state index is 0.124. The summed E-state index contributed by atoms with van der Waals surface area (Å²) in [4.78, 5) is 42.8. The maximum atomic E-state index is 14.3. The first kappa shape index (κ1) is 33.0. The zero-order valence-corrected chi connectivity index (χ0v) is 26.0. The van der Waals surface area contributed by atoms with Crippen LogP contribution in [0.3, 0.4) is 0 Å². The Morgan fingerprint density at radius 1 is 1.10 bits per heavy atom. The number of ether oxygens (including phenoxy) is 1. The van der Waals surface area contributed by atoms with Gasteiger partial charge < -0.3 is 20.3 Å². The van der Waals surface area contributed by atoms with Crippen LogP contribution in [0.1, 0.15) is 108 Å². The third-order valence-corrected chi connectivity index (χ3v) is 7.76. The Kier molecular flexibility index (Phi) is 13.7. The van der Waals surface area contributed by atoms with E-state index in [9.17, 15) is 14.4 Å². The lowest BCUT2D eigenvalue weighted by molar-refractivity contribution is -0.143. The molecule has 3 amide bonds. The smallest absolute Gasteiger partial charge is 0.408 e. The molecule has 7 nitrogen and oxygen atoms in total. The molecule has 1 fully saturated rings. The molecule has 1 aliphatic carbocycles. The second kappa shape index (κ2) is 16.1. The van der Waals surface area contributed by atoms with Crippen molar-refractivity contribution in [2.24, 2.45) is 0 Å². The molecule has 0 saturated heterocycles. The predicted octanol–water partition coefficient (Wildman–Crippen LogP) is 6.46. The van der Waals surface area contributed by atoms with Crippen molar-refractivity contribution in [2.75, 3.05) is 18.6 Å². The molecule has 2 atom stereocenters. The van der Waals surface area contributed by atoms with Gasteiger partial charge in [-0.05, 0) is 83.4 Å². The average Bonchev–Trinajstić information content (AvgIpc) is 2.86. The van der Waals surface area contributed by atoms with E-state index in [0.29, 0.717) is 18.7 Å². The number of carbonyl (C=O) groups is 3. The molecule has 2 unspecified atom stereocenters. The molecule has 1 saturated carbocycles. The fourth-order valence-electron chi connectivity index (χ4n) is 5.15. The Hall–Kier alpha value is -2.22. The van der Waals surface area contributed by atoms with Crippen LogP contribution in [-0.2, 0) is 14.3 Å². The summed E-state index contributed by atoms with van der Waals surface area (Å²) in [5.41, 5.74) is 2.24. The summed E-state index contributed by atoms with van der Waals surface area (Å²) in [5.74, 6) is 0.312. The van der Waals surface area contributed by atoms with Crippen molar-refractivity contribution < 1.29 is 19.1 Å². The summed E-state index contributed by atoms with van der Waals surface area (Å²) in [6.07, 6.45) is 9.87. The summed E-state index contributed by atoms with van der Waals surface area (Å²) >= 11 is 1.62. The minimum atomic E-state index is -0.787. The van der Waals surface area contributed by atoms with E-state index < -0.39 is 23.8 Å². The van der Waals surface area contributed by atoms with E-state index in [0.717, 1.165) is 61.6 Å². The van der Waals surface area contributed by atoms with Crippen molar-refractivity contribution in [2.45, 2.75) is 123 Å². The van der Waals surface area contributed by atoms with Crippen molar-refractivity contribution >= 4 is 29.7 Å². The molecular formula is C31H51N3O4S. The van der Waals surface area contributed by atoms with Crippen LogP contribution in [0, 0.1) is 13.8 Å². The van der Waals surface area contributed by atoms with E-state index in [4.69, 9.17) is 4.74 Å². The second-order valence-electron chi connectivity index (χ2n) is 11.8. The highest BCUT2D eigenvalue weighted by molar-refractivity contribution is 7.98. The number of aryl methyl sites for hydroxylation is 2. The predicted molar refractivity (Wildman–Crippen MR) is 161 cm³/mol. The summed E-state index contributed by atoms with van der Waals surface area (Å²) in [7, 11) is 0. The van der Waals surface area contributed by atoms with Crippen molar-refractivity contribution in [3.63, 3.8) is 0 Å². The van der Waals surface area contributed by atoms with Crippen molar-refractivity contribution in [3.05, 3.63) is 34.9 Å². The Labute approximate surface area is 240 Å². The zero-order chi connectivity index (χ0) is 29.0. The third kappa shape index (κ3) is 11.1. The van der Waals surface area contributed by atoms with Crippen molar-refractivity contribution in [1.29, 1.82) is 0 Å². The van der Waals surface area contributed by atoms with E-state index in [2.05, 4.69) is 23.6 Å². The van der Waals surface area contributed by atoms with Crippen LogP contribution in [0.4, 0.5) is 4.79 Å². The molecule has 2 N–H and O–H groups in total. The molecule has 1 aliphatic rings. The molecule has 2 rings (SSSR count). The molecule has 0 aromatic heterocycles. The summed E-state index contributed by atoms with van der Waals surface area (Å²) in [6, 6.07) is 4.61. The Morgan fingerprint density at radius 3 is 2.38 bits per heavy atom. The number of unbranched alkanes of at least 4 members (excludes halogenated alkanes) is 2. The number of benzene rings is 1. The molecular weight excluding hydrogens is 510 g/mol. The van der Waals surface area contributed by atoms with Gasteiger partial charge in [0.15, 0.2) is 0 Å². The van der Waals surface area contributed by atoms with Gasteiger partial charge in [0.1, 0.15) is 17.7 Å². The number of alkyl carbamates (subject to hydrolysis) is 1. The highest BCUT2D eigenvalue weighted by atomic mass is 32.2. The monoisotopic (exact) mass is 561 g/mol. The van der Waals surface area contributed by atoms with E-state index in [1.165, 1.54) is 6.42 Å². The van der Waals surface area contributed by atoms with Crippen LogP contribution in [0.15, 0.2) is 18.2 Å². The zero-order valence-electron chi connectivity index (χ0n) is 25.2. The van der Waals surface area contributed by atoms with Crippen molar-refractivity contribution in [1.82, 2.24) is 15.5 Å². The highest BCUT2D eigenvalue weighted by Crippen LogP contribution is 2.29. The molecule has 1 aromatic rings. The quantitative estimate of drug-likeness (QED) is 0.270. The average molecular weight is 562 g/mol. The SMILES string of the molecule is CCCCCN(C(=O)C(CCSC)NC(=O)OC(C)(C)C)C(C(=O)NC1CCCCC1)c1ccc(C)cc1C. The molecule has 0 bridgehead atoms. The molecule has 0 heterocycles. The fraction of sp³-hybridized carbons (Fsp3) is 0.710. The molecule has 1 aromatic carbocycles.